The fourth-order valence-electron chi connectivity index (χ4n) is 2.63. The van der Waals surface area contributed by atoms with E-state index in [9.17, 15) is 10.0 Å². The Hall–Kier alpha value is -1.93. The minimum absolute atomic E-state index is 0.115. The van der Waals surface area contributed by atoms with Crippen LogP contribution in [0.4, 0.5) is 0 Å². The van der Waals surface area contributed by atoms with E-state index in [-0.39, 0.29) is 12.5 Å². The van der Waals surface area contributed by atoms with Crippen LogP contribution in [0.25, 0.3) is 0 Å². The third-order valence-corrected chi connectivity index (χ3v) is 4.35. The molecule has 0 saturated heterocycles. The molecule has 7 nitrogen and oxygen atoms in total. The summed E-state index contributed by atoms with van der Waals surface area (Å²) in [4.78, 5) is 16.2. The van der Waals surface area contributed by atoms with Crippen LogP contribution in [0, 0.1) is 11.1 Å². The van der Waals surface area contributed by atoms with Crippen LogP contribution in [0.1, 0.15) is 46.5 Å². The third-order valence-electron chi connectivity index (χ3n) is 4.35. The van der Waals surface area contributed by atoms with Crippen LogP contribution in [0.2, 0.25) is 0 Å². The van der Waals surface area contributed by atoms with E-state index in [4.69, 9.17) is 5.21 Å². The molecule has 0 unspecified atom stereocenters. The number of hydrazine groups is 1. The molecule has 1 heterocycles. The lowest BCUT2D eigenvalue weighted by atomic mass is 10.1. The molecule has 28 heavy (non-hydrogen) atoms. The first-order valence-corrected chi connectivity index (χ1v) is 9.96. The topological polar surface area (TPSA) is 82.1 Å². The monoisotopic (exact) mass is 391 g/mol. The van der Waals surface area contributed by atoms with Crippen molar-refractivity contribution >= 4 is 5.91 Å². The molecule has 0 saturated carbocycles. The second-order valence-corrected chi connectivity index (χ2v) is 7.40. The van der Waals surface area contributed by atoms with Crippen molar-refractivity contribution in [2.45, 2.75) is 46.5 Å². The first-order valence-electron chi connectivity index (χ1n) is 9.96. The number of allylic oxidation sites excluding steroid dienone is 4. The summed E-state index contributed by atoms with van der Waals surface area (Å²) in [5.74, 6) is 0.803. The van der Waals surface area contributed by atoms with E-state index in [0.717, 1.165) is 32.4 Å². The molecule has 1 amide bonds. The third kappa shape index (κ3) is 11.0. The Bertz CT molecular complexity index is 570. The van der Waals surface area contributed by atoms with E-state index >= 15 is 0 Å². The highest BCUT2D eigenvalue weighted by molar-refractivity contribution is 5.77. The van der Waals surface area contributed by atoms with Crippen LogP contribution < -0.4 is 5.59 Å². The molecule has 0 spiro atoms. The van der Waals surface area contributed by atoms with Crippen LogP contribution in [0.15, 0.2) is 48.4 Å². The molecule has 1 rings (SSSR count). The van der Waals surface area contributed by atoms with Gasteiger partial charge in [-0.15, -0.1) is 5.17 Å². The van der Waals surface area contributed by atoms with Gasteiger partial charge in [-0.2, -0.15) is 0 Å². The zero-order valence-corrected chi connectivity index (χ0v) is 17.4. The molecule has 1 aliphatic rings. The number of rotatable bonds is 12. The maximum atomic E-state index is 12.2. The lowest BCUT2D eigenvalue weighted by molar-refractivity contribution is -0.129. The number of hydroxylamine groups is 1. The fraction of sp³-hybridized carbons (Fsp3) is 0.571. The summed E-state index contributed by atoms with van der Waals surface area (Å²) in [7, 11) is 0. The molecule has 0 aromatic heterocycles. The standard InChI is InChI=1S/C21H35N4O3/c1-19(2)11-12-20(3)9-8-13-23-15-17-24(18-16-23)21(26)10-6-4-5-7-14-25(28)22-27/h5,7-9,12,15,17,19,22,28H,4,6,10-11,13-14,16,18H2,1-3H3/q-1/b7-5+,9-8+,20-12+. The second kappa shape index (κ2) is 14.1. The number of hydrogen-bond acceptors (Lipinski definition) is 6. The van der Waals surface area contributed by atoms with Crippen LogP contribution in [0.5, 0.6) is 0 Å². The molecule has 0 radical (unpaired) electrons. The van der Waals surface area contributed by atoms with Gasteiger partial charge in [0, 0.05) is 38.5 Å². The van der Waals surface area contributed by atoms with Crippen LogP contribution in [-0.4, -0.2) is 52.3 Å². The summed E-state index contributed by atoms with van der Waals surface area (Å²) in [5, 5.41) is 19.4. The first kappa shape index (κ1) is 24.1. The smallest absolute Gasteiger partial charge is 0.226 e. The van der Waals surface area contributed by atoms with E-state index < -0.39 is 0 Å². The van der Waals surface area contributed by atoms with Gasteiger partial charge < -0.3 is 20.6 Å². The highest BCUT2D eigenvalue weighted by atomic mass is 16.7. The van der Waals surface area contributed by atoms with Gasteiger partial charge in [-0.1, -0.05) is 49.8 Å². The molecule has 0 atom stereocenters. The number of hydrogen-bond donors (Lipinski definition) is 2. The summed E-state index contributed by atoms with van der Waals surface area (Å²) in [5.41, 5.74) is 2.64. The lowest BCUT2D eigenvalue weighted by Gasteiger charge is -2.29. The highest BCUT2D eigenvalue weighted by Gasteiger charge is 2.14. The number of carbonyl (C=O) groups is 1. The quantitative estimate of drug-likeness (QED) is 0.229. The Labute approximate surface area is 169 Å². The van der Waals surface area contributed by atoms with E-state index in [1.165, 1.54) is 11.2 Å². The molecular weight excluding hydrogens is 356 g/mol. The van der Waals surface area contributed by atoms with E-state index in [2.05, 4.69) is 43.9 Å². The van der Waals surface area contributed by atoms with Crippen LogP contribution in [-0.2, 0) is 4.79 Å². The van der Waals surface area contributed by atoms with Crippen molar-refractivity contribution < 1.29 is 10.0 Å². The lowest BCUT2D eigenvalue weighted by Crippen LogP contribution is -2.38. The van der Waals surface area contributed by atoms with Crippen molar-refractivity contribution in [3.63, 3.8) is 0 Å². The zero-order chi connectivity index (χ0) is 20.8. The van der Waals surface area contributed by atoms with Crippen molar-refractivity contribution in [2.24, 2.45) is 5.92 Å². The number of unbranched alkanes of at least 4 members (excludes halogenated alkanes) is 1. The van der Waals surface area contributed by atoms with Crippen molar-refractivity contribution in [1.82, 2.24) is 20.6 Å². The molecule has 0 aliphatic carbocycles. The van der Waals surface area contributed by atoms with E-state index in [1.807, 2.05) is 18.5 Å². The van der Waals surface area contributed by atoms with Gasteiger partial charge in [0.25, 0.3) is 0 Å². The Balaban J connectivity index is 2.25. The van der Waals surface area contributed by atoms with Crippen molar-refractivity contribution in [3.05, 3.63) is 53.6 Å². The number of nitrogens with one attached hydrogen (secondary N) is 1. The van der Waals surface area contributed by atoms with Crippen molar-refractivity contribution in [2.75, 3.05) is 26.2 Å². The SMILES string of the molecule is CC(/C=C/CN1C=CN(C(=O)CCC/C=C/CN(O)N[O-])CC1)=C\CC(C)C. The molecule has 0 fully saturated rings. The van der Waals surface area contributed by atoms with E-state index in [1.54, 1.807) is 11.0 Å². The van der Waals surface area contributed by atoms with Gasteiger partial charge in [-0.25, -0.2) is 0 Å². The normalized spacial score (nSPS) is 15.8. The van der Waals surface area contributed by atoms with Crippen molar-refractivity contribution in [1.29, 1.82) is 0 Å². The summed E-state index contributed by atoms with van der Waals surface area (Å²) in [6.07, 6.45) is 17.0. The summed E-state index contributed by atoms with van der Waals surface area (Å²) in [6, 6.07) is 0. The summed E-state index contributed by atoms with van der Waals surface area (Å²) >= 11 is 0. The minimum atomic E-state index is 0.115. The largest absolute Gasteiger partial charge is 0.773 e. The Morgan fingerprint density at radius 2 is 2.07 bits per heavy atom. The predicted molar refractivity (Wildman–Crippen MR) is 113 cm³/mol. The molecule has 1 aliphatic heterocycles. The number of nitrogens with zero attached hydrogens (tertiary/aromatic N) is 3. The van der Waals surface area contributed by atoms with Crippen LogP contribution >= 0.6 is 0 Å². The number of amides is 1. The van der Waals surface area contributed by atoms with Gasteiger partial charge in [0.2, 0.25) is 5.91 Å². The second-order valence-electron chi connectivity index (χ2n) is 7.40. The van der Waals surface area contributed by atoms with E-state index in [0.29, 0.717) is 24.1 Å². The molecule has 0 aromatic rings. The average Bonchev–Trinajstić information content (AvgIpc) is 2.69. The van der Waals surface area contributed by atoms with Gasteiger partial charge in [-0.05, 0) is 32.1 Å². The Kier molecular flexibility index (Phi) is 12.2. The number of carbonyl (C=O) groups excluding carboxylic acids is 1. The first-order chi connectivity index (χ1) is 13.4. The molecule has 0 bridgehead atoms. The molecule has 158 valence electrons. The summed E-state index contributed by atoms with van der Waals surface area (Å²) < 4.78 is 0. The average molecular weight is 392 g/mol. The molecular formula is C21H35N4O3-. The van der Waals surface area contributed by atoms with Crippen LogP contribution in [0.3, 0.4) is 0 Å². The van der Waals surface area contributed by atoms with Gasteiger partial charge in [0.15, 0.2) is 0 Å². The Morgan fingerprint density at radius 1 is 1.29 bits per heavy atom. The molecule has 7 heteroatoms. The van der Waals surface area contributed by atoms with Gasteiger partial charge in [0.05, 0.1) is 6.54 Å². The van der Waals surface area contributed by atoms with Gasteiger partial charge in [0.1, 0.15) is 0 Å². The minimum Gasteiger partial charge on any atom is -0.773 e. The van der Waals surface area contributed by atoms with Gasteiger partial charge >= 0.3 is 0 Å². The fourth-order valence-corrected chi connectivity index (χ4v) is 2.63. The Morgan fingerprint density at radius 3 is 2.71 bits per heavy atom. The maximum Gasteiger partial charge on any atom is 0.226 e. The maximum absolute atomic E-state index is 12.2. The van der Waals surface area contributed by atoms with Gasteiger partial charge in [-0.3, -0.25) is 10.0 Å². The highest BCUT2D eigenvalue weighted by Crippen LogP contribution is 2.09. The van der Waals surface area contributed by atoms with Crippen molar-refractivity contribution in [3.8, 4) is 0 Å². The molecule has 0 aromatic carbocycles. The summed E-state index contributed by atoms with van der Waals surface area (Å²) in [6.45, 7) is 9.05. The predicted octanol–water partition coefficient (Wildman–Crippen LogP) is 3.57. The zero-order valence-electron chi connectivity index (χ0n) is 17.4. The molecule has 2 N–H and O–H groups in total.